The molecule has 0 atom stereocenters. The van der Waals surface area contributed by atoms with Crippen molar-refractivity contribution in [3.63, 3.8) is 0 Å². The molecule has 1 aromatic carbocycles. The molecule has 26 heavy (non-hydrogen) atoms. The number of aryl methyl sites for hydroxylation is 1. The van der Waals surface area contributed by atoms with Gasteiger partial charge in [0.15, 0.2) is 23.3 Å². The van der Waals surface area contributed by atoms with Crippen molar-refractivity contribution in [2.24, 2.45) is 12.0 Å². The van der Waals surface area contributed by atoms with Crippen LogP contribution in [0.2, 0.25) is 0 Å². The third-order valence-electron chi connectivity index (χ3n) is 4.53. The van der Waals surface area contributed by atoms with E-state index < -0.39 is 0 Å². The zero-order valence-electron chi connectivity index (χ0n) is 15.8. The molecule has 0 aliphatic carbocycles. The lowest BCUT2D eigenvalue weighted by Gasteiger charge is -2.32. The molecule has 0 saturated heterocycles. The van der Waals surface area contributed by atoms with Gasteiger partial charge in [-0.1, -0.05) is 0 Å². The van der Waals surface area contributed by atoms with Crippen LogP contribution >= 0.6 is 0 Å². The highest BCUT2D eigenvalue weighted by Crippen LogP contribution is 2.33. The standard InChI is InChI=1S/C18H26N6O2/c1-5-19-18(20-10-17-22-21-12-23(17)2)24-7-6-13-8-15(25-3)16(26-4)9-14(13)11-24/h8-9,12H,5-7,10-11H2,1-4H3,(H,19,20). The largest absolute Gasteiger partial charge is 0.493 e. The minimum absolute atomic E-state index is 0.494. The van der Waals surface area contributed by atoms with Crippen LogP contribution < -0.4 is 14.8 Å². The first kappa shape index (κ1) is 18.0. The van der Waals surface area contributed by atoms with Crippen LogP contribution in [-0.2, 0) is 26.6 Å². The van der Waals surface area contributed by atoms with E-state index in [0.29, 0.717) is 6.54 Å². The number of benzene rings is 1. The van der Waals surface area contributed by atoms with Gasteiger partial charge in [-0.05, 0) is 36.6 Å². The molecule has 0 bridgehead atoms. The summed E-state index contributed by atoms with van der Waals surface area (Å²) in [4.78, 5) is 7.00. The summed E-state index contributed by atoms with van der Waals surface area (Å²) in [5.74, 6) is 3.26. The highest BCUT2D eigenvalue weighted by Gasteiger charge is 2.21. The van der Waals surface area contributed by atoms with E-state index in [-0.39, 0.29) is 0 Å². The van der Waals surface area contributed by atoms with Gasteiger partial charge in [-0.2, -0.15) is 0 Å². The number of aliphatic imine (C=N–C) groups is 1. The number of methoxy groups -OCH3 is 2. The highest BCUT2D eigenvalue weighted by atomic mass is 16.5. The second-order valence-electron chi connectivity index (χ2n) is 6.18. The fourth-order valence-electron chi connectivity index (χ4n) is 3.09. The maximum atomic E-state index is 5.45. The molecule has 0 unspecified atom stereocenters. The molecule has 140 valence electrons. The summed E-state index contributed by atoms with van der Waals surface area (Å²) in [6.07, 6.45) is 2.62. The summed E-state index contributed by atoms with van der Waals surface area (Å²) in [6.45, 7) is 5.05. The molecule has 1 aliphatic heterocycles. The minimum atomic E-state index is 0.494. The Balaban J connectivity index is 1.81. The van der Waals surface area contributed by atoms with Crippen LogP contribution in [0, 0.1) is 0 Å². The summed E-state index contributed by atoms with van der Waals surface area (Å²) in [7, 11) is 5.26. The first-order valence-corrected chi connectivity index (χ1v) is 8.76. The van der Waals surface area contributed by atoms with Gasteiger partial charge in [0.05, 0.1) is 14.2 Å². The average molecular weight is 358 g/mol. The number of nitrogens with zero attached hydrogens (tertiary/aromatic N) is 5. The Morgan fingerprint density at radius 2 is 1.96 bits per heavy atom. The second-order valence-corrected chi connectivity index (χ2v) is 6.18. The van der Waals surface area contributed by atoms with Crippen LogP contribution in [0.5, 0.6) is 11.5 Å². The van der Waals surface area contributed by atoms with Gasteiger partial charge in [0.1, 0.15) is 12.9 Å². The quantitative estimate of drug-likeness (QED) is 0.642. The van der Waals surface area contributed by atoms with E-state index in [9.17, 15) is 0 Å². The average Bonchev–Trinajstić information content (AvgIpc) is 3.08. The molecule has 8 heteroatoms. The van der Waals surface area contributed by atoms with Crippen LogP contribution in [-0.4, -0.2) is 52.9 Å². The van der Waals surface area contributed by atoms with E-state index >= 15 is 0 Å². The molecule has 0 radical (unpaired) electrons. The van der Waals surface area contributed by atoms with Crippen LogP contribution in [0.3, 0.4) is 0 Å². The fourth-order valence-corrected chi connectivity index (χ4v) is 3.09. The van der Waals surface area contributed by atoms with Crippen molar-refractivity contribution in [2.75, 3.05) is 27.3 Å². The fraction of sp³-hybridized carbons (Fsp3) is 0.500. The lowest BCUT2D eigenvalue weighted by atomic mass is 9.99. The molecule has 2 heterocycles. The van der Waals surface area contributed by atoms with E-state index in [2.05, 4.69) is 39.5 Å². The summed E-state index contributed by atoms with van der Waals surface area (Å²) in [5.41, 5.74) is 2.53. The molecule has 1 N–H and O–H groups in total. The molecule has 1 aromatic heterocycles. The Bertz CT molecular complexity index is 786. The van der Waals surface area contributed by atoms with Crippen LogP contribution in [0.4, 0.5) is 0 Å². The SMILES string of the molecule is CCNC(=NCc1nncn1C)N1CCc2cc(OC)c(OC)cc2C1. The number of rotatable bonds is 5. The van der Waals surface area contributed by atoms with Crippen LogP contribution in [0.1, 0.15) is 23.9 Å². The number of ether oxygens (including phenoxy) is 2. The van der Waals surface area contributed by atoms with Gasteiger partial charge in [0.25, 0.3) is 0 Å². The number of aromatic nitrogens is 3. The Morgan fingerprint density at radius 1 is 1.23 bits per heavy atom. The first-order chi connectivity index (χ1) is 12.7. The Kier molecular flexibility index (Phi) is 5.60. The Labute approximate surface area is 153 Å². The van der Waals surface area contributed by atoms with Gasteiger partial charge in [0, 0.05) is 26.7 Å². The number of guanidine groups is 1. The number of nitrogens with one attached hydrogen (secondary N) is 1. The molecular formula is C18H26N6O2. The predicted octanol–water partition coefficient (Wildman–Crippen LogP) is 1.36. The third kappa shape index (κ3) is 3.74. The van der Waals surface area contributed by atoms with Crippen molar-refractivity contribution in [3.8, 4) is 11.5 Å². The molecule has 1 aliphatic rings. The summed E-state index contributed by atoms with van der Waals surface area (Å²) >= 11 is 0. The van der Waals surface area contributed by atoms with E-state index in [1.54, 1.807) is 20.5 Å². The zero-order valence-corrected chi connectivity index (χ0v) is 15.8. The summed E-state index contributed by atoms with van der Waals surface area (Å²) < 4.78 is 12.7. The van der Waals surface area contributed by atoms with E-state index in [0.717, 1.165) is 49.3 Å². The van der Waals surface area contributed by atoms with Gasteiger partial charge in [0.2, 0.25) is 0 Å². The second kappa shape index (κ2) is 8.07. The highest BCUT2D eigenvalue weighted by molar-refractivity contribution is 5.80. The lowest BCUT2D eigenvalue weighted by molar-refractivity contribution is 0.346. The van der Waals surface area contributed by atoms with E-state index in [1.807, 2.05) is 11.6 Å². The van der Waals surface area contributed by atoms with Crippen LogP contribution in [0.25, 0.3) is 0 Å². The Morgan fingerprint density at radius 3 is 2.58 bits per heavy atom. The van der Waals surface area contributed by atoms with Crippen molar-refractivity contribution < 1.29 is 9.47 Å². The van der Waals surface area contributed by atoms with Crippen molar-refractivity contribution in [1.82, 2.24) is 25.0 Å². The third-order valence-corrected chi connectivity index (χ3v) is 4.53. The van der Waals surface area contributed by atoms with Crippen molar-refractivity contribution in [1.29, 1.82) is 0 Å². The topological polar surface area (TPSA) is 76.8 Å². The van der Waals surface area contributed by atoms with Gasteiger partial charge < -0.3 is 24.3 Å². The number of hydrogen-bond acceptors (Lipinski definition) is 5. The molecule has 3 rings (SSSR count). The van der Waals surface area contributed by atoms with Crippen LogP contribution in [0.15, 0.2) is 23.5 Å². The number of hydrogen-bond donors (Lipinski definition) is 1. The first-order valence-electron chi connectivity index (χ1n) is 8.76. The molecular weight excluding hydrogens is 332 g/mol. The smallest absolute Gasteiger partial charge is 0.194 e. The maximum Gasteiger partial charge on any atom is 0.194 e. The molecule has 0 fully saturated rings. The maximum absolute atomic E-state index is 5.45. The molecule has 2 aromatic rings. The monoisotopic (exact) mass is 358 g/mol. The molecule has 0 spiro atoms. The van der Waals surface area contributed by atoms with E-state index in [1.165, 1.54) is 11.1 Å². The zero-order chi connectivity index (χ0) is 18.5. The molecule has 8 nitrogen and oxygen atoms in total. The Hall–Kier alpha value is -2.77. The molecule has 0 saturated carbocycles. The van der Waals surface area contributed by atoms with Gasteiger partial charge >= 0.3 is 0 Å². The normalized spacial score (nSPS) is 14.2. The van der Waals surface area contributed by atoms with E-state index in [4.69, 9.17) is 14.5 Å². The summed E-state index contributed by atoms with van der Waals surface area (Å²) in [5, 5.41) is 11.4. The van der Waals surface area contributed by atoms with Gasteiger partial charge in [-0.3, -0.25) is 0 Å². The van der Waals surface area contributed by atoms with Gasteiger partial charge in [-0.15, -0.1) is 10.2 Å². The lowest BCUT2D eigenvalue weighted by Crippen LogP contribution is -2.44. The van der Waals surface area contributed by atoms with Crippen molar-refractivity contribution in [2.45, 2.75) is 26.4 Å². The predicted molar refractivity (Wildman–Crippen MR) is 99.5 cm³/mol. The molecule has 0 amide bonds. The summed E-state index contributed by atoms with van der Waals surface area (Å²) in [6, 6.07) is 4.14. The van der Waals surface area contributed by atoms with Gasteiger partial charge in [-0.25, -0.2) is 4.99 Å². The minimum Gasteiger partial charge on any atom is -0.493 e. The van der Waals surface area contributed by atoms with Crippen molar-refractivity contribution in [3.05, 3.63) is 35.4 Å². The van der Waals surface area contributed by atoms with Crippen molar-refractivity contribution >= 4 is 5.96 Å². The number of fused-ring (bicyclic) bond motifs is 1.